The lowest BCUT2D eigenvalue weighted by atomic mass is 9.86. The lowest BCUT2D eigenvalue weighted by Gasteiger charge is -2.49. The average molecular weight is 363 g/mol. The SMILES string of the molecule is Cc1ncsc1CN1CCN(C)C2(CCC(=O)N(CC3CC3)CC2)C1. The van der Waals surface area contributed by atoms with Crippen LogP contribution in [0.15, 0.2) is 5.51 Å². The first kappa shape index (κ1) is 17.4. The minimum atomic E-state index is 0.158. The lowest BCUT2D eigenvalue weighted by molar-refractivity contribution is -0.131. The van der Waals surface area contributed by atoms with Crippen LogP contribution < -0.4 is 0 Å². The summed E-state index contributed by atoms with van der Waals surface area (Å²) in [6, 6.07) is 0. The molecule has 0 N–H and O–H groups in total. The van der Waals surface area contributed by atoms with Crippen molar-refractivity contribution in [3.05, 3.63) is 16.1 Å². The Hall–Kier alpha value is -0.980. The van der Waals surface area contributed by atoms with Crippen LogP contribution in [-0.2, 0) is 11.3 Å². The highest BCUT2D eigenvalue weighted by Crippen LogP contribution is 2.35. The molecule has 1 aromatic rings. The number of amides is 1. The van der Waals surface area contributed by atoms with Gasteiger partial charge in [0.25, 0.3) is 0 Å². The van der Waals surface area contributed by atoms with E-state index in [1.807, 2.05) is 5.51 Å². The molecule has 3 heterocycles. The molecule has 1 unspecified atom stereocenters. The maximum absolute atomic E-state index is 12.6. The molecule has 1 aromatic heterocycles. The van der Waals surface area contributed by atoms with E-state index in [4.69, 9.17) is 0 Å². The molecule has 1 amide bonds. The van der Waals surface area contributed by atoms with E-state index in [9.17, 15) is 4.79 Å². The van der Waals surface area contributed by atoms with E-state index in [1.165, 1.54) is 23.4 Å². The molecule has 3 aliphatic rings. The van der Waals surface area contributed by atoms with Crippen LogP contribution in [0.25, 0.3) is 0 Å². The molecule has 25 heavy (non-hydrogen) atoms. The summed E-state index contributed by atoms with van der Waals surface area (Å²) >= 11 is 1.77. The summed E-state index contributed by atoms with van der Waals surface area (Å²) in [5, 5.41) is 0. The predicted octanol–water partition coefficient (Wildman–Crippen LogP) is 2.36. The molecule has 0 radical (unpaired) electrons. The summed E-state index contributed by atoms with van der Waals surface area (Å²) < 4.78 is 0. The van der Waals surface area contributed by atoms with Crippen LogP contribution in [0.4, 0.5) is 0 Å². The summed E-state index contributed by atoms with van der Waals surface area (Å²) in [6.07, 6.45) is 5.46. The van der Waals surface area contributed by atoms with Crippen LogP contribution in [0.1, 0.15) is 42.7 Å². The molecule has 1 spiro atoms. The topological polar surface area (TPSA) is 39.7 Å². The van der Waals surface area contributed by atoms with Crippen LogP contribution in [0.2, 0.25) is 0 Å². The Labute approximate surface area is 155 Å². The van der Waals surface area contributed by atoms with Gasteiger partial charge in [-0.3, -0.25) is 14.6 Å². The number of nitrogens with zero attached hydrogens (tertiary/aromatic N) is 4. The van der Waals surface area contributed by atoms with Gasteiger partial charge in [-0.2, -0.15) is 0 Å². The van der Waals surface area contributed by atoms with Crippen molar-refractivity contribution < 1.29 is 4.79 Å². The number of hydrogen-bond donors (Lipinski definition) is 0. The zero-order chi connectivity index (χ0) is 17.4. The van der Waals surface area contributed by atoms with E-state index in [0.717, 1.165) is 58.0 Å². The average Bonchev–Trinajstić information content (AvgIpc) is 3.35. The van der Waals surface area contributed by atoms with E-state index >= 15 is 0 Å². The molecule has 3 fully saturated rings. The molecule has 5 nitrogen and oxygen atoms in total. The number of carbonyl (C=O) groups excluding carboxylic acids is 1. The molecule has 1 atom stereocenters. The van der Waals surface area contributed by atoms with Crippen molar-refractivity contribution in [1.82, 2.24) is 19.7 Å². The highest BCUT2D eigenvalue weighted by Gasteiger charge is 2.42. The minimum Gasteiger partial charge on any atom is -0.342 e. The quantitative estimate of drug-likeness (QED) is 0.824. The second-order valence-electron chi connectivity index (χ2n) is 8.25. The van der Waals surface area contributed by atoms with Gasteiger partial charge in [-0.1, -0.05) is 0 Å². The van der Waals surface area contributed by atoms with Crippen molar-refractivity contribution >= 4 is 17.2 Å². The maximum atomic E-state index is 12.6. The van der Waals surface area contributed by atoms with Gasteiger partial charge in [0.15, 0.2) is 0 Å². The second-order valence-corrected chi connectivity index (χ2v) is 9.19. The Bertz CT molecular complexity index is 629. The Morgan fingerprint density at radius 3 is 2.84 bits per heavy atom. The van der Waals surface area contributed by atoms with Crippen molar-refractivity contribution in [2.24, 2.45) is 5.92 Å². The molecule has 0 aromatic carbocycles. The van der Waals surface area contributed by atoms with Gasteiger partial charge in [0.2, 0.25) is 5.91 Å². The molecule has 2 aliphatic heterocycles. The fraction of sp³-hybridized carbons (Fsp3) is 0.789. The Kier molecular flexibility index (Phi) is 4.86. The van der Waals surface area contributed by atoms with Crippen LogP contribution in [-0.4, -0.2) is 70.9 Å². The predicted molar refractivity (Wildman–Crippen MR) is 101 cm³/mol. The van der Waals surface area contributed by atoms with Gasteiger partial charge in [-0.25, -0.2) is 4.98 Å². The summed E-state index contributed by atoms with van der Waals surface area (Å²) in [5.74, 6) is 1.17. The summed E-state index contributed by atoms with van der Waals surface area (Å²) in [6.45, 7) is 8.33. The first-order valence-corrected chi connectivity index (χ1v) is 10.5. The van der Waals surface area contributed by atoms with Gasteiger partial charge < -0.3 is 4.90 Å². The number of likely N-dealkylation sites (N-methyl/N-ethyl adjacent to an activating group) is 1. The third kappa shape index (κ3) is 3.76. The van der Waals surface area contributed by atoms with E-state index in [-0.39, 0.29) is 5.54 Å². The first-order chi connectivity index (χ1) is 12.1. The molecule has 6 heteroatoms. The van der Waals surface area contributed by atoms with Crippen LogP contribution >= 0.6 is 11.3 Å². The van der Waals surface area contributed by atoms with E-state index in [2.05, 4.69) is 33.7 Å². The first-order valence-electron chi connectivity index (χ1n) is 9.66. The molecule has 0 bridgehead atoms. The monoisotopic (exact) mass is 362 g/mol. The minimum absolute atomic E-state index is 0.158. The van der Waals surface area contributed by atoms with E-state index in [0.29, 0.717) is 12.3 Å². The van der Waals surface area contributed by atoms with Crippen LogP contribution in [0.3, 0.4) is 0 Å². The molecular formula is C19H30N4OS. The highest BCUT2D eigenvalue weighted by atomic mass is 32.1. The largest absolute Gasteiger partial charge is 0.342 e. The standard InChI is InChI=1S/C19H30N4OS/c1-15-17(25-14-20-15)12-22-10-9-21(2)19(13-22)6-5-18(24)23(8-7-19)11-16-3-4-16/h14,16H,3-13H2,1-2H3. The molecule has 4 rings (SSSR count). The smallest absolute Gasteiger partial charge is 0.222 e. The highest BCUT2D eigenvalue weighted by molar-refractivity contribution is 7.09. The van der Waals surface area contributed by atoms with E-state index < -0.39 is 0 Å². The molecule has 1 aliphatic carbocycles. The maximum Gasteiger partial charge on any atom is 0.222 e. The number of piperazine rings is 1. The molecule has 138 valence electrons. The van der Waals surface area contributed by atoms with Crippen molar-refractivity contribution in [2.75, 3.05) is 39.8 Å². The summed E-state index contributed by atoms with van der Waals surface area (Å²) in [4.78, 5) is 25.7. The number of rotatable bonds is 4. The van der Waals surface area contributed by atoms with Gasteiger partial charge in [0, 0.05) is 56.1 Å². The number of thiazole rings is 1. The number of hydrogen-bond acceptors (Lipinski definition) is 5. The van der Waals surface area contributed by atoms with Crippen molar-refractivity contribution in [3.63, 3.8) is 0 Å². The van der Waals surface area contributed by atoms with Crippen molar-refractivity contribution in [2.45, 2.75) is 51.1 Å². The van der Waals surface area contributed by atoms with Gasteiger partial charge in [0.1, 0.15) is 0 Å². The zero-order valence-corrected chi connectivity index (χ0v) is 16.4. The number of aryl methyl sites for hydroxylation is 1. The fourth-order valence-electron chi connectivity index (χ4n) is 4.40. The van der Waals surface area contributed by atoms with Gasteiger partial charge in [-0.15, -0.1) is 11.3 Å². The third-order valence-corrected chi connectivity index (χ3v) is 7.39. The van der Waals surface area contributed by atoms with Gasteiger partial charge >= 0.3 is 0 Å². The number of aromatic nitrogens is 1. The van der Waals surface area contributed by atoms with E-state index in [1.54, 1.807) is 11.3 Å². The normalized spacial score (nSPS) is 29.4. The number of likely N-dealkylation sites (tertiary alicyclic amines) is 1. The fourth-order valence-corrected chi connectivity index (χ4v) is 5.21. The summed E-state index contributed by atoms with van der Waals surface area (Å²) in [7, 11) is 2.26. The summed E-state index contributed by atoms with van der Waals surface area (Å²) in [5.41, 5.74) is 3.28. The second kappa shape index (κ2) is 6.97. The van der Waals surface area contributed by atoms with Crippen LogP contribution in [0, 0.1) is 12.8 Å². The molecular weight excluding hydrogens is 332 g/mol. The Morgan fingerprint density at radius 2 is 2.12 bits per heavy atom. The van der Waals surface area contributed by atoms with Crippen molar-refractivity contribution in [3.8, 4) is 0 Å². The third-order valence-electron chi connectivity index (χ3n) is 6.47. The van der Waals surface area contributed by atoms with Gasteiger partial charge in [-0.05, 0) is 45.6 Å². The Morgan fingerprint density at radius 1 is 1.28 bits per heavy atom. The van der Waals surface area contributed by atoms with Crippen LogP contribution in [0.5, 0.6) is 0 Å². The molecule has 1 saturated carbocycles. The Balaban J connectivity index is 1.44. The van der Waals surface area contributed by atoms with Gasteiger partial charge in [0.05, 0.1) is 11.2 Å². The molecule has 2 saturated heterocycles. The van der Waals surface area contributed by atoms with Crippen molar-refractivity contribution in [1.29, 1.82) is 0 Å². The zero-order valence-electron chi connectivity index (χ0n) is 15.5. The number of carbonyl (C=O) groups is 1. The lowest BCUT2D eigenvalue weighted by Crippen LogP contribution is -2.60.